The van der Waals surface area contributed by atoms with Crippen LogP contribution in [0.15, 0.2) is 16.6 Å². The highest BCUT2D eigenvalue weighted by Gasteiger charge is 2.26. The monoisotopic (exact) mass is 314 g/mol. The van der Waals surface area contributed by atoms with Gasteiger partial charge in [0.1, 0.15) is 6.67 Å². The minimum absolute atomic E-state index is 0.0251. The second kappa shape index (κ2) is 5.69. The van der Waals surface area contributed by atoms with Crippen molar-refractivity contribution in [2.75, 3.05) is 13.2 Å². The fourth-order valence-electron chi connectivity index (χ4n) is 2.42. The number of hydrogen-bond acceptors (Lipinski definition) is 1. The molecule has 0 heterocycles. The number of rotatable bonds is 3. The number of amides is 2. The van der Waals surface area contributed by atoms with Crippen molar-refractivity contribution < 1.29 is 9.18 Å². The summed E-state index contributed by atoms with van der Waals surface area (Å²) < 4.78 is 13.0. The van der Waals surface area contributed by atoms with Crippen molar-refractivity contribution >= 4 is 22.0 Å². The lowest BCUT2D eigenvalue weighted by molar-refractivity contribution is 0.236. The Morgan fingerprint density at radius 3 is 3.06 bits per heavy atom. The molecule has 0 aliphatic heterocycles. The van der Waals surface area contributed by atoms with E-state index in [-0.39, 0.29) is 18.6 Å². The second-order valence-corrected chi connectivity index (χ2v) is 5.28. The van der Waals surface area contributed by atoms with Crippen LogP contribution in [0.3, 0.4) is 0 Å². The molecule has 0 fully saturated rings. The minimum atomic E-state index is -0.542. The molecule has 1 aliphatic rings. The van der Waals surface area contributed by atoms with Gasteiger partial charge in [-0.2, -0.15) is 0 Å². The average Bonchev–Trinajstić information content (AvgIpc) is 2.75. The summed E-state index contributed by atoms with van der Waals surface area (Å²) in [4.78, 5) is 11.6. The Morgan fingerprint density at radius 2 is 2.33 bits per heavy atom. The Kier molecular flexibility index (Phi) is 4.22. The predicted octanol–water partition coefficient (Wildman–Crippen LogP) is 3.01. The van der Waals surface area contributed by atoms with Gasteiger partial charge in [-0.3, -0.25) is 0 Å². The normalized spacial score (nSPS) is 17.4. The number of fused-ring (bicyclic) bond motifs is 1. The number of aryl methyl sites for hydroxylation is 1. The van der Waals surface area contributed by atoms with Crippen LogP contribution in [0.1, 0.15) is 29.2 Å². The lowest BCUT2D eigenvalue weighted by Crippen LogP contribution is -2.38. The van der Waals surface area contributed by atoms with Gasteiger partial charge in [0.2, 0.25) is 0 Å². The molecule has 3 nitrogen and oxygen atoms in total. The summed E-state index contributed by atoms with van der Waals surface area (Å²) in [6.45, 7) is 1.56. The van der Waals surface area contributed by atoms with E-state index in [9.17, 15) is 9.18 Å². The predicted molar refractivity (Wildman–Crippen MR) is 72.5 cm³/mol. The summed E-state index contributed by atoms with van der Waals surface area (Å²) in [7, 11) is 0. The maximum absolute atomic E-state index is 12.0. The summed E-state index contributed by atoms with van der Waals surface area (Å²) in [6, 6.07) is 3.86. The van der Waals surface area contributed by atoms with Gasteiger partial charge in [-0.25, -0.2) is 9.18 Å². The molecule has 0 saturated carbocycles. The van der Waals surface area contributed by atoms with E-state index in [1.165, 1.54) is 16.7 Å². The zero-order chi connectivity index (χ0) is 13.1. The van der Waals surface area contributed by atoms with Crippen LogP contribution < -0.4 is 10.6 Å². The third-order valence-electron chi connectivity index (χ3n) is 3.28. The SMILES string of the molecule is Cc1c(Br)ccc2c1C(NC(=O)NCCF)CC2. The van der Waals surface area contributed by atoms with Crippen molar-refractivity contribution in [1.82, 2.24) is 10.6 Å². The summed E-state index contributed by atoms with van der Waals surface area (Å²) in [5.74, 6) is 0. The van der Waals surface area contributed by atoms with Gasteiger partial charge < -0.3 is 10.6 Å². The Balaban J connectivity index is 2.11. The van der Waals surface area contributed by atoms with Crippen LogP contribution in [-0.2, 0) is 6.42 Å². The van der Waals surface area contributed by atoms with Gasteiger partial charge >= 0.3 is 6.03 Å². The molecule has 2 rings (SSSR count). The van der Waals surface area contributed by atoms with E-state index in [0.29, 0.717) is 0 Å². The molecule has 0 radical (unpaired) electrons. The second-order valence-electron chi connectivity index (χ2n) is 4.43. The molecule has 0 spiro atoms. The standard InChI is InChI=1S/C13H16BrFN2O/c1-8-10(14)4-2-9-3-5-11(12(8)9)17-13(18)16-7-6-15/h2,4,11H,3,5-7H2,1H3,(H2,16,17,18). The number of carbonyl (C=O) groups is 1. The average molecular weight is 315 g/mol. The minimum Gasteiger partial charge on any atom is -0.336 e. The number of alkyl halides is 1. The maximum atomic E-state index is 12.0. The molecule has 0 aromatic heterocycles. The van der Waals surface area contributed by atoms with Crippen molar-refractivity contribution in [3.8, 4) is 0 Å². The summed E-state index contributed by atoms with van der Waals surface area (Å²) in [5, 5.41) is 5.39. The van der Waals surface area contributed by atoms with Crippen LogP contribution in [0.4, 0.5) is 9.18 Å². The van der Waals surface area contributed by atoms with E-state index in [1.54, 1.807) is 0 Å². The number of hydrogen-bond donors (Lipinski definition) is 2. The van der Waals surface area contributed by atoms with Gasteiger partial charge in [0.15, 0.2) is 0 Å². The molecule has 2 amide bonds. The highest BCUT2D eigenvalue weighted by molar-refractivity contribution is 9.10. The highest BCUT2D eigenvalue weighted by Crippen LogP contribution is 2.36. The molecule has 5 heteroatoms. The van der Waals surface area contributed by atoms with Crippen LogP contribution in [-0.4, -0.2) is 19.3 Å². The smallest absolute Gasteiger partial charge is 0.315 e. The summed E-state index contributed by atoms with van der Waals surface area (Å²) in [6.07, 6.45) is 1.87. The fourth-order valence-corrected chi connectivity index (χ4v) is 2.77. The van der Waals surface area contributed by atoms with Crippen molar-refractivity contribution in [3.63, 3.8) is 0 Å². The molecule has 0 saturated heterocycles. The van der Waals surface area contributed by atoms with E-state index < -0.39 is 6.67 Å². The molecule has 1 unspecified atom stereocenters. The first-order valence-corrected chi connectivity index (χ1v) is 6.81. The summed E-state index contributed by atoms with van der Waals surface area (Å²) >= 11 is 3.51. The Bertz CT molecular complexity index is 465. The maximum Gasteiger partial charge on any atom is 0.315 e. The zero-order valence-electron chi connectivity index (χ0n) is 10.2. The van der Waals surface area contributed by atoms with Crippen molar-refractivity contribution in [2.24, 2.45) is 0 Å². The van der Waals surface area contributed by atoms with E-state index in [4.69, 9.17) is 0 Å². The molecule has 1 aromatic carbocycles. The summed E-state index contributed by atoms with van der Waals surface area (Å²) in [5.41, 5.74) is 3.65. The van der Waals surface area contributed by atoms with E-state index in [0.717, 1.165) is 17.3 Å². The Hall–Kier alpha value is -1.10. The lowest BCUT2D eigenvalue weighted by atomic mass is 10.0. The van der Waals surface area contributed by atoms with Crippen molar-refractivity contribution in [2.45, 2.75) is 25.8 Å². The Morgan fingerprint density at radius 1 is 1.56 bits per heavy atom. The highest BCUT2D eigenvalue weighted by atomic mass is 79.9. The van der Waals surface area contributed by atoms with Gasteiger partial charge in [0.05, 0.1) is 6.04 Å². The first kappa shape index (κ1) is 13.3. The molecule has 2 N–H and O–H groups in total. The molecule has 98 valence electrons. The van der Waals surface area contributed by atoms with Gasteiger partial charge in [-0.05, 0) is 42.5 Å². The topological polar surface area (TPSA) is 41.1 Å². The van der Waals surface area contributed by atoms with E-state index in [1.807, 2.05) is 13.0 Å². The van der Waals surface area contributed by atoms with E-state index >= 15 is 0 Å². The number of carbonyl (C=O) groups excluding carboxylic acids is 1. The number of halogens is 2. The van der Waals surface area contributed by atoms with Crippen LogP contribution in [0.5, 0.6) is 0 Å². The molecule has 18 heavy (non-hydrogen) atoms. The first-order chi connectivity index (χ1) is 8.63. The number of nitrogens with one attached hydrogen (secondary N) is 2. The fraction of sp³-hybridized carbons (Fsp3) is 0.462. The number of urea groups is 1. The van der Waals surface area contributed by atoms with Crippen molar-refractivity contribution in [3.05, 3.63) is 33.3 Å². The quantitative estimate of drug-likeness (QED) is 0.884. The third-order valence-corrected chi connectivity index (χ3v) is 4.13. The molecule has 0 bridgehead atoms. The molecule has 1 aromatic rings. The lowest BCUT2D eigenvalue weighted by Gasteiger charge is -2.17. The van der Waals surface area contributed by atoms with Crippen LogP contribution in [0.25, 0.3) is 0 Å². The van der Waals surface area contributed by atoms with Gasteiger partial charge in [-0.15, -0.1) is 0 Å². The van der Waals surface area contributed by atoms with Crippen LogP contribution >= 0.6 is 15.9 Å². The third kappa shape index (κ3) is 2.66. The largest absolute Gasteiger partial charge is 0.336 e. The van der Waals surface area contributed by atoms with Gasteiger partial charge in [-0.1, -0.05) is 22.0 Å². The van der Waals surface area contributed by atoms with Crippen LogP contribution in [0, 0.1) is 6.92 Å². The molecular formula is C13H16BrFN2O. The Labute approximate surface area is 114 Å². The molecular weight excluding hydrogens is 299 g/mol. The van der Waals surface area contributed by atoms with Crippen molar-refractivity contribution in [1.29, 1.82) is 0 Å². The van der Waals surface area contributed by atoms with Crippen LogP contribution in [0.2, 0.25) is 0 Å². The molecule has 1 atom stereocenters. The van der Waals surface area contributed by atoms with Gasteiger partial charge in [0, 0.05) is 11.0 Å². The van der Waals surface area contributed by atoms with E-state index in [2.05, 4.69) is 32.6 Å². The first-order valence-electron chi connectivity index (χ1n) is 6.01. The number of benzene rings is 1. The molecule has 1 aliphatic carbocycles. The van der Waals surface area contributed by atoms with Gasteiger partial charge in [0.25, 0.3) is 0 Å². The zero-order valence-corrected chi connectivity index (χ0v) is 11.8.